The third-order valence-corrected chi connectivity index (χ3v) is 4.72. The Morgan fingerprint density at radius 1 is 1.33 bits per heavy atom. The number of hydrogen-bond donors (Lipinski definition) is 2. The van der Waals surface area contributed by atoms with Gasteiger partial charge in [0.25, 0.3) is 5.69 Å². The Morgan fingerprint density at radius 3 is 2.48 bits per heavy atom. The van der Waals surface area contributed by atoms with E-state index in [4.69, 9.17) is 0 Å². The fraction of sp³-hybridized carbons (Fsp3) is 0.500. The zero-order valence-corrected chi connectivity index (χ0v) is 13.5. The summed E-state index contributed by atoms with van der Waals surface area (Å²) in [5.41, 5.74) is -0.713. The molecule has 21 heavy (non-hydrogen) atoms. The van der Waals surface area contributed by atoms with Gasteiger partial charge in [-0.3, -0.25) is 10.1 Å². The summed E-state index contributed by atoms with van der Waals surface area (Å²) in [6.07, 6.45) is 0. The molecule has 2 aromatic rings. The molecule has 0 bridgehead atoms. The maximum Gasteiger partial charge on any atom is 0.293 e. The van der Waals surface area contributed by atoms with E-state index in [1.54, 1.807) is 33.8 Å². The van der Waals surface area contributed by atoms with Crippen LogP contribution < -0.4 is 5.32 Å². The summed E-state index contributed by atoms with van der Waals surface area (Å²) in [5.74, 6) is 0. The molecule has 114 valence electrons. The molecular weight excluding hydrogens is 290 g/mol. The van der Waals surface area contributed by atoms with Gasteiger partial charge in [-0.25, -0.2) is 4.98 Å². The third-order valence-electron chi connectivity index (χ3n) is 3.79. The van der Waals surface area contributed by atoms with E-state index in [1.807, 2.05) is 6.92 Å². The highest BCUT2D eigenvalue weighted by molar-refractivity contribution is 7.18. The van der Waals surface area contributed by atoms with Crippen molar-refractivity contribution in [1.29, 1.82) is 0 Å². The monoisotopic (exact) mass is 309 g/mol. The molecule has 1 aromatic carbocycles. The summed E-state index contributed by atoms with van der Waals surface area (Å²) >= 11 is 1.42. The van der Waals surface area contributed by atoms with Gasteiger partial charge in [0.05, 0.1) is 31.3 Å². The number of nitro benzene ring substituents is 1. The summed E-state index contributed by atoms with van der Waals surface area (Å²) in [7, 11) is 0. The molecule has 0 spiro atoms. The van der Waals surface area contributed by atoms with Crippen LogP contribution in [0.5, 0.6) is 0 Å². The molecule has 2 rings (SSSR count). The molecule has 2 N–H and O–H groups in total. The highest BCUT2D eigenvalue weighted by Gasteiger charge is 2.36. The van der Waals surface area contributed by atoms with E-state index < -0.39 is 16.1 Å². The van der Waals surface area contributed by atoms with Crippen molar-refractivity contribution in [3.8, 4) is 0 Å². The Balaban J connectivity index is 2.56. The standard InChI is InChI=1S/C14H19N3O3S/c1-8-15-10-6-9(16-13(2,3)14(4,5)18)11(17(19)20)7-12(10)21-8/h6-7,16,18H,1-5H3. The van der Waals surface area contributed by atoms with Crippen LogP contribution in [0, 0.1) is 17.0 Å². The molecule has 0 radical (unpaired) electrons. The van der Waals surface area contributed by atoms with E-state index in [0.717, 1.165) is 15.2 Å². The maximum atomic E-state index is 11.3. The van der Waals surface area contributed by atoms with Crippen molar-refractivity contribution in [2.45, 2.75) is 45.8 Å². The highest BCUT2D eigenvalue weighted by atomic mass is 32.1. The average molecular weight is 309 g/mol. The van der Waals surface area contributed by atoms with Gasteiger partial charge in [-0.05, 0) is 40.7 Å². The lowest BCUT2D eigenvalue weighted by Gasteiger charge is -2.38. The van der Waals surface area contributed by atoms with Crippen LogP contribution in [-0.4, -0.2) is 26.2 Å². The van der Waals surface area contributed by atoms with Gasteiger partial charge in [-0.15, -0.1) is 11.3 Å². The summed E-state index contributed by atoms with van der Waals surface area (Å²) in [6.45, 7) is 8.79. The van der Waals surface area contributed by atoms with Crippen LogP contribution in [0.3, 0.4) is 0 Å². The molecule has 0 fully saturated rings. The number of aliphatic hydroxyl groups is 1. The molecule has 0 amide bonds. The Hall–Kier alpha value is -1.73. The van der Waals surface area contributed by atoms with Gasteiger partial charge in [-0.1, -0.05) is 0 Å². The maximum absolute atomic E-state index is 11.3. The number of aromatic nitrogens is 1. The molecular formula is C14H19N3O3S. The van der Waals surface area contributed by atoms with E-state index in [0.29, 0.717) is 5.69 Å². The number of nitrogens with zero attached hydrogens (tertiary/aromatic N) is 2. The van der Waals surface area contributed by atoms with E-state index >= 15 is 0 Å². The third kappa shape index (κ3) is 2.98. The first-order valence-corrected chi connectivity index (χ1v) is 7.39. The number of nitrogens with one attached hydrogen (secondary N) is 1. The largest absolute Gasteiger partial charge is 0.388 e. The van der Waals surface area contributed by atoms with Gasteiger partial charge >= 0.3 is 0 Å². The van der Waals surface area contributed by atoms with Crippen molar-refractivity contribution < 1.29 is 10.0 Å². The van der Waals surface area contributed by atoms with Crippen molar-refractivity contribution in [1.82, 2.24) is 4.98 Å². The first-order valence-electron chi connectivity index (χ1n) is 6.57. The van der Waals surface area contributed by atoms with Gasteiger partial charge in [0, 0.05) is 6.07 Å². The van der Waals surface area contributed by atoms with Gasteiger partial charge in [-0.2, -0.15) is 0 Å². The molecule has 0 aliphatic heterocycles. The lowest BCUT2D eigenvalue weighted by molar-refractivity contribution is -0.383. The number of benzene rings is 1. The number of nitro groups is 1. The molecule has 1 aromatic heterocycles. The second-order valence-electron chi connectivity index (χ2n) is 6.14. The van der Waals surface area contributed by atoms with E-state index in [2.05, 4.69) is 10.3 Å². The van der Waals surface area contributed by atoms with E-state index in [-0.39, 0.29) is 5.69 Å². The SMILES string of the molecule is Cc1nc2cc(NC(C)(C)C(C)(C)O)c([N+](=O)[O-])cc2s1. The minimum absolute atomic E-state index is 0.0107. The van der Waals surface area contributed by atoms with Gasteiger partial charge in [0.1, 0.15) is 5.69 Å². The first kappa shape index (κ1) is 15.7. The smallest absolute Gasteiger partial charge is 0.293 e. The Labute approximate surface area is 127 Å². The lowest BCUT2D eigenvalue weighted by Crippen LogP contribution is -2.51. The van der Waals surface area contributed by atoms with Crippen molar-refractivity contribution >= 4 is 32.9 Å². The normalized spacial score (nSPS) is 12.7. The number of rotatable bonds is 4. The first-order chi connectivity index (χ1) is 9.51. The van der Waals surface area contributed by atoms with E-state index in [9.17, 15) is 15.2 Å². The average Bonchev–Trinajstić information content (AvgIpc) is 2.64. The van der Waals surface area contributed by atoms with Gasteiger partial charge in [0.15, 0.2) is 0 Å². The summed E-state index contributed by atoms with van der Waals surface area (Å²) in [6, 6.07) is 3.20. The van der Waals surface area contributed by atoms with Crippen LogP contribution in [-0.2, 0) is 0 Å². The van der Waals surface area contributed by atoms with Gasteiger partial charge < -0.3 is 10.4 Å². The molecule has 0 aliphatic rings. The van der Waals surface area contributed by atoms with Crippen molar-refractivity contribution in [3.63, 3.8) is 0 Å². The molecule has 0 unspecified atom stereocenters. The predicted molar refractivity (Wildman–Crippen MR) is 85.0 cm³/mol. The molecule has 0 saturated heterocycles. The molecule has 0 aliphatic carbocycles. The zero-order chi connectivity index (χ0) is 16.0. The van der Waals surface area contributed by atoms with E-state index in [1.165, 1.54) is 17.4 Å². The van der Waals surface area contributed by atoms with Crippen molar-refractivity contribution in [3.05, 3.63) is 27.3 Å². The van der Waals surface area contributed by atoms with Crippen LogP contribution in [0.25, 0.3) is 10.2 Å². The molecule has 0 saturated carbocycles. The Morgan fingerprint density at radius 2 is 1.95 bits per heavy atom. The number of thiazole rings is 1. The number of aryl methyl sites for hydroxylation is 1. The highest BCUT2D eigenvalue weighted by Crippen LogP contribution is 2.36. The minimum Gasteiger partial charge on any atom is -0.388 e. The Kier molecular flexibility index (Phi) is 3.67. The minimum atomic E-state index is -1.05. The summed E-state index contributed by atoms with van der Waals surface area (Å²) in [4.78, 5) is 15.2. The molecule has 0 atom stereocenters. The number of hydrogen-bond acceptors (Lipinski definition) is 6. The zero-order valence-electron chi connectivity index (χ0n) is 12.7. The second kappa shape index (κ2) is 4.92. The number of anilines is 1. The molecule has 7 heteroatoms. The van der Waals surface area contributed by atoms with Crippen LogP contribution in [0.1, 0.15) is 32.7 Å². The fourth-order valence-electron chi connectivity index (χ4n) is 1.82. The summed E-state index contributed by atoms with van der Waals surface area (Å²) < 4.78 is 0.783. The fourth-order valence-corrected chi connectivity index (χ4v) is 2.66. The van der Waals surface area contributed by atoms with Crippen molar-refractivity contribution in [2.75, 3.05) is 5.32 Å². The van der Waals surface area contributed by atoms with Gasteiger partial charge in [0.2, 0.25) is 0 Å². The van der Waals surface area contributed by atoms with Crippen LogP contribution >= 0.6 is 11.3 Å². The molecule has 1 heterocycles. The number of fused-ring (bicyclic) bond motifs is 1. The Bertz CT molecular complexity index is 701. The topological polar surface area (TPSA) is 88.3 Å². The molecule has 6 nitrogen and oxygen atoms in total. The van der Waals surface area contributed by atoms with Crippen LogP contribution in [0.15, 0.2) is 12.1 Å². The van der Waals surface area contributed by atoms with Crippen LogP contribution in [0.4, 0.5) is 11.4 Å². The predicted octanol–water partition coefficient (Wildman–Crippen LogP) is 3.47. The van der Waals surface area contributed by atoms with Crippen molar-refractivity contribution in [2.24, 2.45) is 0 Å². The lowest BCUT2D eigenvalue weighted by atomic mass is 9.85. The van der Waals surface area contributed by atoms with Crippen LogP contribution in [0.2, 0.25) is 0 Å². The second-order valence-corrected chi connectivity index (χ2v) is 7.37. The quantitative estimate of drug-likeness (QED) is 0.667. The summed E-state index contributed by atoms with van der Waals surface area (Å²) in [5, 5.41) is 25.4.